The number of aliphatic hydroxyl groups excluding tert-OH is 12. The van der Waals surface area contributed by atoms with Crippen molar-refractivity contribution in [3.63, 3.8) is 0 Å². The summed E-state index contributed by atoms with van der Waals surface area (Å²) in [7, 11) is 0. The van der Waals surface area contributed by atoms with Crippen molar-refractivity contribution in [1.82, 2.24) is 0 Å². The van der Waals surface area contributed by atoms with Crippen LogP contribution in [0.3, 0.4) is 0 Å². The van der Waals surface area contributed by atoms with Gasteiger partial charge in [0.15, 0.2) is 12.6 Å². The lowest BCUT2D eigenvalue weighted by atomic mass is 9.34. The molecule has 7 aliphatic rings. The van der Waals surface area contributed by atoms with E-state index in [0.29, 0.717) is 51.4 Å². The van der Waals surface area contributed by atoms with E-state index in [-0.39, 0.29) is 23.7 Å². The van der Waals surface area contributed by atoms with Gasteiger partial charge in [0, 0.05) is 0 Å². The van der Waals surface area contributed by atoms with Crippen LogP contribution in [-0.4, -0.2) is 185 Å². The van der Waals surface area contributed by atoms with Gasteiger partial charge < -0.3 is 85.0 Å². The highest BCUT2D eigenvalue weighted by atomic mass is 16.8. The molecule has 0 aromatic heterocycles. The molecule has 0 bridgehead atoms. The number of aliphatic hydroxyl groups is 12. The van der Waals surface area contributed by atoms with Gasteiger partial charge in [-0.15, -0.1) is 0 Å². The van der Waals surface area contributed by atoms with E-state index in [2.05, 4.69) is 26.8 Å². The highest BCUT2D eigenvalue weighted by Gasteiger charge is 2.74. The van der Waals surface area contributed by atoms with Crippen LogP contribution >= 0.6 is 0 Å². The summed E-state index contributed by atoms with van der Waals surface area (Å²) in [5.41, 5.74) is -2.20. The molecule has 0 amide bonds. The number of hydrogen-bond acceptors (Lipinski definition) is 17. The first-order chi connectivity index (χ1) is 30.2. The second-order valence-electron chi connectivity index (χ2n) is 23.2. The van der Waals surface area contributed by atoms with Gasteiger partial charge in [0.2, 0.25) is 0 Å². The van der Waals surface area contributed by atoms with Crippen LogP contribution in [0.5, 0.6) is 0 Å². The van der Waals surface area contributed by atoms with Crippen molar-refractivity contribution in [2.75, 3.05) is 13.2 Å². The third-order valence-electron chi connectivity index (χ3n) is 19.1. The smallest absolute Gasteiger partial charge is 0.187 e. The van der Waals surface area contributed by atoms with Gasteiger partial charge in [-0.1, -0.05) is 53.2 Å². The van der Waals surface area contributed by atoms with Crippen molar-refractivity contribution in [3.8, 4) is 0 Å². The molecule has 0 spiro atoms. The van der Waals surface area contributed by atoms with Crippen LogP contribution in [-0.2, 0) is 23.7 Å². The molecule has 0 aromatic carbocycles. The quantitative estimate of drug-likeness (QED) is 0.0977. The van der Waals surface area contributed by atoms with E-state index in [0.717, 1.165) is 5.57 Å². The van der Waals surface area contributed by atoms with E-state index in [9.17, 15) is 61.3 Å². The molecule has 7 fully saturated rings. The van der Waals surface area contributed by atoms with E-state index in [4.69, 9.17) is 23.7 Å². The average molecular weight is 931 g/mol. The van der Waals surface area contributed by atoms with Gasteiger partial charge in [0.1, 0.15) is 67.1 Å². The minimum atomic E-state index is -1.75. The predicted octanol–water partition coefficient (Wildman–Crippen LogP) is 0.245. The number of allylic oxidation sites excluding steroid dienone is 2. The van der Waals surface area contributed by atoms with Crippen LogP contribution < -0.4 is 0 Å². The molecule has 0 radical (unpaired) electrons. The Labute approximate surface area is 383 Å². The molecule has 0 unspecified atom stereocenters. The molecule has 3 aliphatic heterocycles. The van der Waals surface area contributed by atoms with Crippen molar-refractivity contribution < 1.29 is 85.0 Å². The maximum atomic E-state index is 12.8. The molecular weight excluding hydrogens is 849 g/mol. The summed E-state index contributed by atoms with van der Waals surface area (Å²) in [6.07, 6.45) is -17.4. The second kappa shape index (κ2) is 18.7. The number of ether oxygens (including phenoxy) is 5. The van der Waals surface area contributed by atoms with Crippen molar-refractivity contribution >= 4 is 0 Å². The Kier molecular flexibility index (Phi) is 14.9. The van der Waals surface area contributed by atoms with Gasteiger partial charge in [-0.25, -0.2) is 0 Å². The highest BCUT2D eigenvalue weighted by molar-refractivity contribution is 5.22. The summed E-state index contributed by atoms with van der Waals surface area (Å²) >= 11 is 0. The fraction of sp³-hybridized carbons (Fsp3) is 0.958. The lowest BCUT2D eigenvalue weighted by Gasteiger charge is -2.72. The van der Waals surface area contributed by atoms with Gasteiger partial charge in [0.05, 0.1) is 43.7 Å². The number of hydrogen-bond donors (Lipinski definition) is 12. The topological polar surface area (TPSA) is 289 Å². The Bertz CT molecular complexity index is 1680. The van der Waals surface area contributed by atoms with Crippen LogP contribution in [0.2, 0.25) is 0 Å². The Morgan fingerprint density at radius 1 is 0.692 bits per heavy atom. The van der Waals surface area contributed by atoms with E-state index in [1.807, 2.05) is 34.6 Å². The molecule has 17 heteroatoms. The largest absolute Gasteiger partial charge is 0.394 e. The summed E-state index contributed by atoms with van der Waals surface area (Å²) in [4.78, 5) is 0. The van der Waals surface area contributed by atoms with E-state index in [1.54, 1.807) is 0 Å². The molecule has 7 rings (SSSR count). The van der Waals surface area contributed by atoms with Gasteiger partial charge in [-0.05, 0) is 123 Å². The molecular formula is C48H82O17. The van der Waals surface area contributed by atoms with E-state index in [1.165, 1.54) is 6.92 Å². The Morgan fingerprint density at radius 3 is 1.94 bits per heavy atom. The summed E-state index contributed by atoms with van der Waals surface area (Å²) in [6, 6.07) is 0. The zero-order chi connectivity index (χ0) is 48.1. The van der Waals surface area contributed by atoms with Crippen molar-refractivity contribution in [3.05, 3.63) is 11.6 Å². The predicted molar refractivity (Wildman–Crippen MR) is 232 cm³/mol. The van der Waals surface area contributed by atoms with Gasteiger partial charge in [0.25, 0.3) is 0 Å². The Morgan fingerprint density at radius 2 is 1.31 bits per heavy atom. The van der Waals surface area contributed by atoms with Crippen molar-refractivity contribution in [2.24, 2.45) is 50.7 Å². The maximum absolute atomic E-state index is 12.8. The molecule has 65 heavy (non-hydrogen) atoms. The first kappa shape index (κ1) is 51.9. The third kappa shape index (κ3) is 8.32. The van der Waals surface area contributed by atoms with E-state index < -0.39 is 151 Å². The normalized spacial score (nSPS) is 54.2. The SMILES string of the molecule is CC(C)=CCC[C@](C)([C@@H]1O[C@H](CO)[C@@H](O)[C@H](O)[C@H]1O)[C@H]1CC[C@]2(C)[C@@H]1[C@H](O)C[C@@H]1[C@@]3(C)CC[C@H](O)C(C)(C)[C@@H]3[C@@H](O[C@@H]3O[C@H](CO)[C@@H](O)[C@H](O)[C@H]3O[C@H]3O[C@@H](C)[C@H](O)[C@@H](O)[C@H]3O)C[C@]12C. The minimum Gasteiger partial charge on any atom is -0.394 e. The van der Waals surface area contributed by atoms with Crippen molar-refractivity contribution in [2.45, 2.75) is 224 Å². The monoisotopic (exact) mass is 931 g/mol. The lowest BCUT2D eigenvalue weighted by Crippen LogP contribution is -2.71. The maximum Gasteiger partial charge on any atom is 0.187 e. The van der Waals surface area contributed by atoms with Gasteiger partial charge in [-0.3, -0.25) is 0 Å². The van der Waals surface area contributed by atoms with Crippen LogP contribution in [0.4, 0.5) is 0 Å². The van der Waals surface area contributed by atoms with Crippen LogP contribution in [0.25, 0.3) is 0 Å². The first-order valence-corrected chi connectivity index (χ1v) is 24.2. The molecule has 12 N–H and O–H groups in total. The van der Waals surface area contributed by atoms with Gasteiger partial charge in [-0.2, -0.15) is 0 Å². The number of rotatable bonds is 11. The van der Waals surface area contributed by atoms with Crippen molar-refractivity contribution in [1.29, 1.82) is 0 Å². The van der Waals surface area contributed by atoms with Crippen LogP contribution in [0.15, 0.2) is 11.6 Å². The summed E-state index contributed by atoms with van der Waals surface area (Å²) < 4.78 is 31.7. The Hall–Kier alpha value is -0.940. The standard InChI is InChI=1S/C48H82O17/c1-21(2)11-10-14-45(6,41-37(59)35(57)32(54)26(19-49)62-41)23-12-16-47(8)30(23)24(51)17-28-46(7)15-13-29(52)44(4,5)40(46)25(18-48(28,47)9)63-43-39(36(58)33(55)27(20-50)64-43)65-42-38(60)34(56)31(53)22(3)61-42/h11,22-43,49-60H,10,12-20H2,1-9H3/t22-,23-,24+,25-,26+,27+,28+,29-,30-,31-,32+,33+,34+,35-,36-,37+,38+,39+,40-,41+,42+,43+,45-,46+,47+,48+/m0/s1. The summed E-state index contributed by atoms with van der Waals surface area (Å²) in [5, 5.41) is 134. The third-order valence-corrected chi connectivity index (χ3v) is 19.1. The Balaban J connectivity index is 1.29. The summed E-state index contributed by atoms with van der Waals surface area (Å²) in [6.45, 7) is 17.0. The van der Waals surface area contributed by atoms with Crippen LogP contribution in [0.1, 0.15) is 114 Å². The molecule has 4 saturated carbocycles. The summed E-state index contributed by atoms with van der Waals surface area (Å²) in [5.74, 6) is -1.04. The first-order valence-electron chi connectivity index (χ1n) is 24.2. The van der Waals surface area contributed by atoms with Crippen LogP contribution in [0, 0.1) is 50.7 Å². The fourth-order valence-electron chi connectivity index (χ4n) is 15.4. The highest BCUT2D eigenvalue weighted by Crippen LogP contribution is 2.77. The number of fused-ring (bicyclic) bond motifs is 5. The molecule has 3 saturated heterocycles. The molecule has 17 nitrogen and oxygen atoms in total. The molecule has 26 atom stereocenters. The van der Waals surface area contributed by atoms with Gasteiger partial charge >= 0.3 is 0 Å². The average Bonchev–Trinajstić information content (AvgIpc) is 3.63. The molecule has 376 valence electrons. The second-order valence-corrected chi connectivity index (χ2v) is 23.2. The lowest BCUT2D eigenvalue weighted by molar-refractivity contribution is -0.382. The molecule has 0 aromatic rings. The zero-order valence-corrected chi connectivity index (χ0v) is 39.8. The zero-order valence-electron chi connectivity index (χ0n) is 39.8. The molecule has 3 heterocycles. The minimum absolute atomic E-state index is 0.0806. The molecule has 4 aliphatic carbocycles. The van der Waals surface area contributed by atoms with E-state index >= 15 is 0 Å². The fourth-order valence-corrected chi connectivity index (χ4v) is 15.4.